The maximum atomic E-state index is 12.6. The van der Waals surface area contributed by atoms with Crippen LogP contribution in [0.25, 0.3) is 11.3 Å². The molecule has 1 aliphatic heterocycles. The van der Waals surface area contributed by atoms with Crippen molar-refractivity contribution in [1.82, 2.24) is 30.1 Å². The molecule has 4 rings (SSSR count). The molecule has 0 spiro atoms. The minimum absolute atomic E-state index is 0.0433. The molecule has 39 heavy (non-hydrogen) atoms. The van der Waals surface area contributed by atoms with E-state index in [2.05, 4.69) is 35.8 Å². The minimum atomic E-state index is -0.820. The lowest BCUT2D eigenvalue weighted by Gasteiger charge is -2.34. The van der Waals surface area contributed by atoms with Gasteiger partial charge in [-0.1, -0.05) is 0 Å². The van der Waals surface area contributed by atoms with E-state index in [9.17, 15) is 9.59 Å². The van der Waals surface area contributed by atoms with Crippen LogP contribution in [0.15, 0.2) is 48.8 Å². The average Bonchev–Trinajstić information content (AvgIpc) is 2.94. The number of benzene rings is 1. The molecule has 0 bridgehead atoms. The van der Waals surface area contributed by atoms with Crippen molar-refractivity contribution in [3.8, 4) is 11.3 Å². The van der Waals surface area contributed by atoms with Crippen LogP contribution in [0.3, 0.4) is 0 Å². The number of piperazine rings is 1. The van der Waals surface area contributed by atoms with Crippen molar-refractivity contribution in [2.24, 2.45) is 5.73 Å². The molecule has 0 saturated carbocycles. The summed E-state index contributed by atoms with van der Waals surface area (Å²) in [5.41, 5.74) is 9.35. The average molecular weight is 534 g/mol. The Bertz CT molecular complexity index is 1260. The van der Waals surface area contributed by atoms with E-state index in [1.54, 1.807) is 25.5 Å². The summed E-state index contributed by atoms with van der Waals surface area (Å²) in [6, 6.07) is 11.3. The highest BCUT2D eigenvalue weighted by atomic mass is 16.4. The van der Waals surface area contributed by atoms with Crippen LogP contribution in [0.1, 0.15) is 22.3 Å². The summed E-state index contributed by atoms with van der Waals surface area (Å²) in [6.45, 7) is 4.78. The number of aliphatic carboxylic acids is 1. The van der Waals surface area contributed by atoms with Crippen molar-refractivity contribution in [2.45, 2.75) is 13.0 Å². The van der Waals surface area contributed by atoms with Gasteiger partial charge in [0.15, 0.2) is 0 Å². The molecule has 12 nitrogen and oxygen atoms in total. The lowest BCUT2D eigenvalue weighted by Crippen LogP contribution is -2.47. The van der Waals surface area contributed by atoms with Gasteiger partial charge in [0.1, 0.15) is 5.82 Å². The first kappa shape index (κ1) is 27.9. The largest absolute Gasteiger partial charge is 0.480 e. The molecule has 1 aliphatic rings. The quantitative estimate of drug-likeness (QED) is 0.215. The first-order chi connectivity index (χ1) is 18.9. The van der Waals surface area contributed by atoms with E-state index in [-0.39, 0.29) is 12.5 Å². The first-order valence-corrected chi connectivity index (χ1v) is 13.0. The van der Waals surface area contributed by atoms with Crippen LogP contribution in [-0.4, -0.2) is 94.6 Å². The molecule has 12 heteroatoms. The van der Waals surface area contributed by atoms with Gasteiger partial charge >= 0.3 is 5.97 Å². The lowest BCUT2D eigenvalue weighted by atomic mass is 10.0. The number of pyridine rings is 1. The molecule has 1 aromatic carbocycles. The Morgan fingerprint density at radius 1 is 1.05 bits per heavy atom. The molecular formula is C27H35N9O3. The Morgan fingerprint density at radius 2 is 1.85 bits per heavy atom. The van der Waals surface area contributed by atoms with Gasteiger partial charge in [-0.05, 0) is 54.9 Å². The van der Waals surface area contributed by atoms with Crippen LogP contribution < -0.4 is 21.7 Å². The van der Waals surface area contributed by atoms with Gasteiger partial charge < -0.3 is 26.8 Å². The summed E-state index contributed by atoms with van der Waals surface area (Å²) in [5.74, 6) is 0.233. The minimum Gasteiger partial charge on any atom is -0.480 e. The van der Waals surface area contributed by atoms with E-state index in [0.717, 1.165) is 54.4 Å². The van der Waals surface area contributed by atoms with Crippen molar-refractivity contribution in [3.05, 3.63) is 59.9 Å². The van der Waals surface area contributed by atoms with Crippen molar-refractivity contribution < 1.29 is 14.7 Å². The third-order valence-electron chi connectivity index (χ3n) is 6.45. The number of carbonyl (C=O) groups is 2. The van der Waals surface area contributed by atoms with Gasteiger partial charge in [-0.3, -0.25) is 19.4 Å². The zero-order valence-electron chi connectivity index (χ0n) is 22.1. The van der Waals surface area contributed by atoms with Gasteiger partial charge in [0.05, 0.1) is 12.2 Å². The Hall–Kier alpha value is -4.13. The van der Waals surface area contributed by atoms with Crippen molar-refractivity contribution in [1.29, 1.82) is 0 Å². The number of aromatic nitrogens is 3. The number of hydrogen-bond acceptors (Lipinski definition) is 10. The lowest BCUT2D eigenvalue weighted by molar-refractivity contribution is -0.138. The van der Waals surface area contributed by atoms with E-state index >= 15 is 0 Å². The van der Waals surface area contributed by atoms with E-state index in [1.165, 1.54) is 0 Å². The molecule has 0 unspecified atom stereocenters. The third-order valence-corrected chi connectivity index (χ3v) is 6.45. The number of carbonyl (C=O) groups excluding carboxylic acids is 1. The molecular weight excluding hydrogens is 498 g/mol. The maximum absolute atomic E-state index is 12.6. The van der Waals surface area contributed by atoms with Gasteiger partial charge in [-0.25, -0.2) is 15.0 Å². The number of carboxylic acids is 1. The Balaban J connectivity index is 1.46. The second-order valence-corrected chi connectivity index (χ2v) is 9.29. The molecule has 206 valence electrons. The number of anilines is 3. The molecule has 6 N–H and O–H groups in total. The van der Waals surface area contributed by atoms with Crippen LogP contribution in [-0.2, 0) is 11.3 Å². The summed E-state index contributed by atoms with van der Waals surface area (Å²) >= 11 is 0. The highest BCUT2D eigenvalue weighted by Gasteiger charge is 2.21. The molecule has 0 aliphatic carbocycles. The standard InChI is InChI=1S/C27H35N9O3/c1-29-26(39)22-5-4-21(15-20(22)17-35-11-13-36(14-12-35)18-25(37)38)33-27-31-10-7-23(34-27)19-3-6-24(32-16-19)30-9-2-8-28/h3-7,10,15-16H,2,8-9,11-14,17-18,28H2,1H3,(H,29,39)(H,30,32)(H,37,38)(H,31,33,34). The fraction of sp³-hybridized carbons (Fsp3) is 0.370. The monoisotopic (exact) mass is 533 g/mol. The van der Waals surface area contributed by atoms with Gasteiger partial charge in [0, 0.05) is 75.5 Å². The van der Waals surface area contributed by atoms with Crippen molar-refractivity contribution in [3.63, 3.8) is 0 Å². The second-order valence-electron chi connectivity index (χ2n) is 9.29. The van der Waals surface area contributed by atoms with Crippen molar-refractivity contribution in [2.75, 3.05) is 63.5 Å². The van der Waals surface area contributed by atoms with Gasteiger partial charge in [-0.15, -0.1) is 0 Å². The first-order valence-electron chi connectivity index (χ1n) is 13.0. The predicted molar refractivity (Wildman–Crippen MR) is 150 cm³/mol. The number of nitrogens with one attached hydrogen (secondary N) is 3. The predicted octanol–water partition coefficient (Wildman–Crippen LogP) is 1.60. The molecule has 1 saturated heterocycles. The van der Waals surface area contributed by atoms with E-state index in [4.69, 9.17) is 10.8 Å². The van der Waals surface area contributed by atoms with E-state index < -0.39 is 5.97 Å². The zero-order valence-corrected chi connectivity index (χ0v) is 22.1. The molecule has 1 fully saturated rings. The number of amides is 1. The number of carboxylic acid groups (broad SMARTS) is 1. The zero-order chi connectivity index (χ0) is 27.6. The van der Waals surface area contributed by atoms with Crippen LogP contribution in [0, 0.1) is 0 Å². The van der Waals surface area contributed by atoms with Gasteiger partial charge in [0.2, 0.25) is 5.95 Å². The van der Waals surface area contributed by atoms with E-state index in [0.29, 0.717) is 37.7 Å². The summed E-state index contributed by atoms with van der Waals surface area (Å²) in [6.07, 6.45) is 4.33. The highest BCUT2D eigenvalue weighted by molar-refractivity contribution is 5.96. The Morgan fingerprint density at radius 3 is 2.54 bits per heavy atom. The van der Waals surface area contributed by atoms with Crippen molar-refractivity contribution >= 4 is 29.3 Å². The molecule has 0 radical (unpaired) electrons. The molecule has 1 amide bonds. The smallest absolute Gasteiger partial charge is 0.317 e. The fourth-order valence-electron chi connectivity index (χ4n) is 4.37. The summed E-state index contributed by atoms with van der Waals surface area (Å²) < 4.78 is 0. The van der Waals surface area contributed by atoms with E-state index in [1.807, 2.05) is 35.2 Å². The number of nitrogens with two attached hydrogens (primary N) is 1. The molecule has 3 aromatic rings. The fourth-order valence-corrected chi connectivity index (χ4v) is 4.37. The Kier molecular flexibility index (Phi) is 9.73. The van der Waals surface area contributed by atoms with Crippen LogP contribution in [0.2, 0.25) is 0 Å². The molecule has 0 atom stereocenters. The van der Waals surface area contributed by atoms with Crippen LogP contribution >= 0.6 is 0 Å². The SMILES string of the molecule is CNC(=O)c1ccc(Nc2nccc(-c3ccc(NCCCN)nc3)n2)cc1CN1CCN(CC(=O)O)CC1. The summed E-state index contributed by atoms with van der Waals surface area (Å²) in [7, 11) is 1.61. The summed E-state index contributed by atoms with van der Waals surface area (Å²) in [4.78, 5) is 41.2. The van der Waals surface area contributed by atoms with Crippen LogP contribution in [0.5, 0.6) is 0 Å². The second kappa shape index (κ2) is 13.6. The Labute approximate surface area is 227 Å². The molecule has 3 heterocycles. The maximum Gasteiger partial charge on any atom is 0.317 e. The number of nitrogens with zero attached hydrogens (tertiary/aromatic N) is 5. The van der Waals surface area contributed by atoms with Crippen LogP contribution in [0.4, 0.5) is 17.5 Å². The van der Waals surface area contributed by atoms with Gasteiger partial charge in [0.25, 0.3) is 5.91 Å². The highest BCUT2D eigenvalue weighted by Crippen LogP contribution is 2.23. The topological polar surface area (TPSA) is 162 Å². The van der Waals surface area contributed by atoms with Gasteiger partial charge in [-0.2, -0.15) is 0 Å². The molecule has 2 aromatic heterocycles. The summed E-state index contributed by atoms with van der Waals surface area (Å²) in [5, 5.41) is 18.2. The number of rotatable bonds is 12. The third kappa shape index (κ3) is 7.93. The normalized spacial score (nSPS) is 14.1. The number of hydrogen-bond donors (Lipinski definition) is 5.